The number of allylic oxidation sites excluding steroid dienone is 2. The van der Waals surface area contributed by atoms with Crippen LogP contribution in [-0.2, 0) is 0 Å². The average molecular weight is 303 g/mol. The van der Waals surface area contributed by atoms with Gasteiger partial charge in [-0.1, -0.05) is 32.9 Å². The van der Waals surface area contributed by atoms with Gasteiger partial charge in [-0.3, -0.25) is 4.99 Å². The molecule has 0 saturated heterocycles. The summed E-state index contributed by atoms with van der Waals surface area (Å²) in [4.78, 5) is 8.99. The van der Waals surface area contributed by atoms with E-state index in [4.69, 9.17) is 5.73 Å². The fourth-order valence-corrected chi connectivity index (χ4v) is 2.29. The SMILES string of the molecule is C=CC/C(C(CCCC)=NC(=C)N)=C1/CN=C(CNCC)N1. The van der Waals surface area contributed by atoms with Crippen molar-refractivity contribution in [1.29, 1.82) is 0 Å². The predicted octanol–water partition coefficient (Wildman–Crippen LogP) is 2.49. The minimum absolute atomic E-state index is 0.347. The minimum atomic E-state index is 0.347. The molecule has 0 aromatic rings. The molecule has 1 rings (SSSR count). The maximum Gasteiger partial charge on any atom is 0.116 e. The summed E-state index contributed by atoms with van der Waals surface area (Å²) in [5, 5.41) is 6.69. The Morgan fingerprint density at radius 2 is 2.27 bits per heavy atom. The molecule has 0 amide bonds. The molecule has 22 heavy (non-hydrogen) atoms. The summed E-state index contributed by atoms with van der Waals surface area (Å²) in [6.45, 7) is 14.2. The van der Waals surface area contributed by atoms with Crippen LogP contribution in [0.2, 0.25) is 0 Å². The summed E-state index contributed by atoms with van der Waals surface area (Å²) in [5.41, 5.74) is 8.94. The smallest absolute Gasteiger partial charge is 0.116 e. The normalized spacial score (nSPS) is 17.0. The van der Waals surface area contributed by atoms with Crippen molar-refractivity contribution < 1.29 is 0 Å². The molecule has 0 radical (unpaired) electrons. The Balaban J connectivity index is 2.97. The highest BCUT2D eigenvalue weighted by atomic mass is 15.1. The quantitative estimate of drug-likeness (QED) is 0.429. The summed E-state index contributed by atoms with van der Waals surface area (Å²) in [6.07, 6.45) is 5.73. The molecule has 1 aliphatic heterocycles. The van der Waals surface area contributed by atoms with Crippen molar-refractivity contribution in [3.05, 3.63) is 36.3 Å². The second-order valence-corrected chi connectivity index (χ2v) is 5.27. The van der Waals surface area contributed by atoms with Gasteiger partial charge >= 0.3 is 0 Å². The molecule has 4 N–H and O–H groups in total. The van der Waals surface area contributed by atoms with Gasteiger partial charge in [0.2, 0.25) is 0 Å². The molecule has 0 saturated carbocycles. The van der Waals surface area contributed by atoms with Crippen LogP contribution in [0.3, 0.4) is 0 Å². The molecule has 0 aromatic carbocycles. The van der Waals surface area contributed by atoms with Crippen LogP contribution in [-0.4, -0.2) is 31.2 Å². The molecule has 0 unspecified atom stereocenters. The van der Waals surface area contributed by atoms with Gasteiger partial charge in [0, 0.05) is 11.4 Å². The number of likely N-dealkylation sites (N-methyl/N-ethyl adjacent to an activating group) is 1. The van der Waals surface area contributed by atoms with E-state index in [9.17, 15) is 0 Å². The second-order valence-electron chi connectivity index (χ2n) is 5.27. The first kappa shape index (κ1) is 18.2. The van der Waals surface area contributed by atoms with Gasteiger partial charge in [-0.05, 0) is 31.4 Å². The highest BCUT2D eigenvalue weighted by Gasteiger charge is 2.17. The van der Waals surface area contributed by atoms with Gasteiger partial charge in [-0.15, -0.1) is 6.58 Å². The lowest BCUT2D eigenvalue weighted by atomic mass is 9.99. The zero-order chi connectivity index (χ0) is 16.4. The summed E-state index contributed by atoms with van der Waals surface area (Å²) in [5.74, 6) is 1.32. The number of nitrogens with two attached hydrogens (primary N) is 1. The van der Waals surface area contributed by atoms with Crippen molar-refractivity contribution >= 4 is 11.5 Å². The molecule has 5 nitrogen and oxygen atoms in total. The van der Waals surface area contributed by atoms with Crippen LogP contribution in [0.15, 0.2) is 46.3 Å². The van der Waals surface area contributed by atoms with Crippen LogP contribution in [0.5, 0.6) is 0 Å². The van der Waals surface area contributed by atoms with Crippen LogP contribution in [0.1, 0.15) is 39.5 Å². The Morgan fingerprint density at radius 1 is 1.50 bits per heavy atom. The molecule has 1 aliphatic rings. The third-order valence-corrected chi connectivity index (χ3v) is 3.37. The van der Waals surface area contributed by atoms with Gasteiger partial charge < -0.3 is 16.4 Å². The van der Waals surface area contributed by atoms with E-state index >= 15 is 0 Å². The molecule has 0 atom stereocenters. The van der Waals surface area contributed by atoms with Gasteiger partial charge in [0.1, 0.15) is 11.7 Å². The van der Waals surface area contributed by atoms with E-state index < -0.39 is 0 Å². The van der Waals surface area contributed by atoms with E-state index in [0.717, 1.165) is 61.6 Å². The third kappa shape index (κ3) is 5.85. The maximum absolute atomic E-state index is 5.70. The van der Waals surface area contributed by atoms with Crippen LogP contribution >= 0.6 is 0 Å². The number of amidine groups is 1. The molecule has 0 aromatic heterocycles. The first-order valence-electron chi connectivity index (χ1n) is 7.98. The number of hydrogen-bond acceptors (Lipinski definition) is 5. The Kier molecular flexibility index (Phi) is 8.22. The largest absolute Gasteiger partial charge is 0.384 e. The number of hydrogen-bond donors (Lipinski definition) is 3. The van der Waals surface area contributed by atoms with Crippen molar-refractivity contribution in [2.24, 2.45) is 15.7 Å². The van der Waals surface area contributed by atoms with E-state index in [1.807, 2.05) is 6.08 Å². The topological polar surface area (TPSA) is 74.8 Å². The molecule has 5 heteroatoms. The third-order valence-electron chi connectivity index (χ3n) is 3.37. The molecular weight excluding hydrogens is 274 g/mol. The molecule has 0 fully saturated rings. The first-order chi connectivity index (χ1) is 10.6. The van der Waals surface area contributed by atoms with Gasteiger partial charge in [-0.25, -0.2) is 4.99 Å². The lowest BCUT2D eigenvalue weighted by Gasteiger charge is -2.14. The van der Waals surface area contributed by atoms with E-state index in [1.54, 1.807) is 0 Å². The van der Waals surface area contributed by atoms with E-state index in [-0.39, 0.29) is 0 Å². The van der Waals surface area contributed by atoms with Gasteiger partial charge in [0.05, 0.1) is 13.1 Å². The summed E-state index contributed by atoms with van der Waals surface area (Å²) < 4.78 is 0. The van der Waals surface area contributed by atoms with Gasteiger partial charge in [0.25, 0.3) is 0 Å². The van der Waals surface area contributed by atoms with Gasteiger partial charge in [0.15, 0.2) is 0 Å². The maximum atomic E-state index is 5.70. The first-order valence-corrected chi connectivity index (χ1v) is 7.98. The Bertz CT molecular complexity index is 485. The monoisotopic (exact) mass is 303 g/mol. The van der Waals surface area contributed by atoms with E-state index in [2.05, 4.69) is 47.6 Å². The lowest BCUT2D eigenvalue weighted by Crippen LogP contribution is -2.31. The van der Waals surface area contributed by atoms with E-state index in [0.29, 0.717) is 12.4 Å². The lowest BCUT2D eigenvalue weighted by molar-refractivity contribution is 0.808. The number of unbranched alkanes of at least 4 members (excludes halogenated alkanes) is 1. The molecule has 0 bridgehead atoms. The van der Waals surface area contributed by atoms with Crippen molar-refractivity contribution in [1.82, 2.24) is 10.6 Å². The minimum Gasteiger partial charge on any atom is -0.384 e. The van der Waals surface area contributed by atoms with Gasteiger partial charge in [-0.2, -0.15) is 0 Å². The molecule has 1 heterocycles. The highest BCUT2D eigenvalue weighted by Crippen LogP contribution is 2.18. The average Bonchev–Trinajstić information content (AvgIpc) is 2.95. The fraction of sp³-hybridized carbons (Fsp3) is 0.529. The molecular formula is C17H29N5. The zero-order valence-electron chi connectivity index (χ0n) is 13.9. The number of nitrogens with one attached hydrogen (secondary N) is 2. The zero-order valence-corrected chi connectivity index (χ0v) is 13.9. The fourth-order valence-electron chi connectivity index (χ4n) is 2.29. The molecule has 0 aliphatic carbocycles. The van der Waals surface area contributed by atoms with Crippen molar-refractivity contribution in [3.63, 3.8) is 0 Å². The summed E-state index contributed by atoms with van der Waals surface area (Å²) in [6, 6.07) is 0. The van der Waals surface area contributed by atoms with Crippen LogP contribution < -0.4 is 16.4 Å². The Morgan fingerprint density at radius 3 is 2.86 bits per heavy atom. The number of aliphatic imine (C=N–C) groups is 2. The number of rotatable bonds is 10. The molecule has 122 valence electrons. The van der Waals surface area contributed by atoms with Crippen molar-refractivity contribution in [2.45, 2.75) is 39.5 Å². The van der Waals surface area contributed by atoms with E-state index in [1.165, 1.54) is 0 Å². The molecule has 0 spiro atoms. The van der Waals surface area contributed by atoms with Crippen LogP contribution in [0.25, 0.3) is 0 Å². The Labute approximate surface area is 134 Å². The highest BCUT2D eigenvalue weighted by molar-refractivity contribution is 6.03. The van der Waals surface area contributed by atoms with Crippen molar-refractivity contribution in [3.8, 4) is 0 Å². The second kappa shape index (κ2) is 9.95. The summed E-state index contributed by atoms with van der Waals surface area (Å²) >= 11 is 0. The summed E-state index contributed by atoms with van der Waals surface area (Å²) in [7, 11) is 0. The standard InChI is InChI=1S/C17H29N5/c1-5-8-10-15(21-13(4)18)14(9-6-2)16-11-20-17(22-16)12-19-7-3/h6,19H,2,4-5,7-12,18H2,1,3H3,(H,20,22)/b16-14+,21-15?. The Hall–Kier alpha value is -1.88. The van der Waals surface area contributed by atoms with Crippen molar-refractivity contribution in [2.75, 3.05) is 19.6 Å². The van der Waals surface area contributed by atoms with Crippen LogP contribution in [0, 0.1) is 0 Å². The van der Waals surface area contributed by atoms with Crippen LogP contribution in [0.4, 0.5) is 0 Å². The number of nitrogens with zero attached hydrogens (tertiary/aromatic N) is 2. The predicted molar refractivity (Wildman–Crippen MR) is 96.1 cm³/mol.